The molecule has 0 aliphatic rings. The third-order valence-electron chi connectivity index (χ3n) is 4.18. The molecule has 0 bridgehead atoms. The molecule has 2 nitrogen and oxygen atoms in total. The van der Waals surface area contributed by atoms with E-state index in [-0.39, 0.29) is 0 Å². The minimum absolute atomic E-state index is 0.757. The van der Waals surface area contributed by atoms with Crippen molar-refractivity contribution in [3.63, 3.8) is 0 Å². The van der Waals surface area contributed by atoms with E-state index in [1.54, 1.807) is 0 Å². The van der Waals surface area contributed by atoms with Crippen molar-refractivity contribution < 1.29 is 4.79 Å². The first-order valence-corrected chi connectivity index (χ1v) is 8.39. The molecule has 2 aromatic rings. The quantitative estimate of drug-likeness (QED) is 0.411. The van der Waals surface area contributed by atoms with Crippen LogP contribution in [0.2, 0.25) is 0 Å². The monoisotopic (exact) mass is 285 g/mol. The van der Waals surface area contributed by atoms with Crippen molar-refractivity contribution in [1.82, 2.24) is 4.57 Å². The topological polar surface area (TPSA) is 22.0 Å². The zero-order chi connectivity index (χ0) is 14.9. The van der Waals surface area contributed by atoms with E-state index in [9.17, 15) is 4.79 Å². The Morgan fingerprint density at radius 3 is 2.38 bits per heavy atom. The van der Waals surface area contributed by atoms with Crippen LogP contribution in [0, 0.1) is 0 Å². The zero-order valence-electron chi connectivity index (χ0n) is 13.2. The summed E-state index contributed by atoms with van der Waals surface area (Å²) in [6, 6.07) is 8.03. The molecule has 0 aliphatic heterocycles. The fourth-order valence-electron chi connectivity index (χ4n) is 2.90. The number of nitrogens with zero attached hydrogens (tertiary/aromatic N) is 1. The molecule has 21 heavy (non-hydrogen) atoms. The van der Waals surface area contributed by atoms with Crippen LogP contribution in [0.15, 0.2) is 30.5 Å². The van der Waals surface area contributed by atoms with Gasteiger partial charge in [0.05, 0.1) is 0 Å². The third kappa shape index (κ3) is 4.73. The maximum Gasteiger partial charge on any atom is 0.150 e. The summed E-state index contributed by atoms with van der Waals surface area (Å²) in [5.74, 6) is 0. The van der Waals surface area contributed by atoms with Gasteiger partial charge in [-0.2, -0.15) is 0 Å². The van der Waals surface area contributed by atoms with Crippen LogP contribution in [0.5, 0.6) is 0 Å². The minimum atomic E-state index is 0.757. The molecule has 0 saturated carbocycles. The summed E-state index contributed by atoms with van der Waals surface area (Å²) in [6.07, 6.45) is 13.9. The van der Waals surface area contributed by atoms with Crippen LogP contribution in [-0.2, 0) is 6.54 Å². The highest BCUT2D eigenvalue weighted by atomic mass is 16.1. The number of hydrogen-bond donors (Lipinski definition) is 0. The van der Waals surface area contributed by atoms with E-state index in [2.05, 4.69) is 29.8 Å². The standard InChI is InChI=1S/C19H27NO/c1-2-3-4-5-6-7-8-9-13-20-14-12-18-15-17(16-21)10-11-19(18)20/h10-12,14-16H,2-9,13H2,1H3. The fraction of sp³-hybridized carbons (Fsp3) is 0.526. The van der Waals surface area contributed by atoms with Gasteiger partial charge in [0.25, 0.3) is 0 Å². The van der Waals surface area contributed by atoms with Crippen molar-refractivity contribution in [1.29, 1.82) is 0 Å². The Kier molecular flexibility index (Phi) is 6.52. The van der Waals surface area contributed by atoms with Gasteiger partial charge in [-0.15, -0.1) is 0 Å². The van der Waals surface area contributed by atoms with Gasteiger partial charge in [-0.05, 0) is 30.7 Å². The molecule has 0 fully saturated rings. The summed E-state index contributed by atoms with van der Waals surface area (Å²) < 4.78 is 2.31. The van der Waals surface area contributed by atoms with E-state index in [0.29, 0.717) is 0 Å². The predicted octanol–water partition coefficient (Wildman–Crippen LogP) is 5.59. The largest absolute Gasteiger partial charge is 0.347 e. The van der Waals surface area contributed by atoms with Gasteiger partial charge in [-0.1, -0.05) is 51.9 Å². The summed E-state index contributed by atoms with van der Waals surface area (Å²) in [7, 11) is 0. The van der Waals surface area contributed by atoms with Gasteiger partial charge in [-0.3, -0.25) is 4.79 Å². The lowest BCUT2D eigenvalue weighted by molar-refractivity contribution is 0.112. The van der Waals surface area contributed by atoms with E-state index in [4.69, 9.17) is 0 Å². The number of hydrogen-bond acceptors (Lipinski definition) is 1. The van der Waals surface area contributed by atoms with E-state index < -0.39 is 0 Å². The highest BCUT2D eigenvalue weighted by Gasteiger charge is 2.02. The first-order valence-electron chi connectivity index (χ1n) is 8.39. The van der Waals surface area contributed by atoms with Crippen LogP contribution < -0.4 is 0 Å². The number of carbonyl (C=O) groups excluding carboxylic acids is 1. The van der Waals surface area contributed by atoms with Crippen LogP contribution in [0.1, 0.15) is 68.6 Å². The summed E-state index contributed by atoms with van der Waals surface area (Å²) in [5.41, 5.74) is 2.00. The van der Waals surface area contributed by atoms with Gasteiger partial charge < -0.3 is 4.57 Å². The first-order chi connectivity index (χ1) is 10.3. The van der Waals surface area contributed by atoms with E-state index in [1.807, 2.05) is 12.1 Å². The molecule has 1 heterocycles. The van der Waals surface area contributed by atoms with Crippen molar-refractivity contribution in [2.24, 2.45) is 0 Å². The molecular weight excluding hydrogens is 258 g/mol. The summed E-state index contributed by atoms with van der Waals surface area (Å²) in [5, 5.41) is 1.17. The average Bonchev–Trinajstić information content (AvgIpc) is 2.92. The molecule has 0 radical (unpaired) electrons. The van der Waals surface area contributed by atoms with Crippen LogP contribution in [-0.4, -0.2) is 10.9 Å². The number of aromatic nitrogens is 1. The molecule has 0 saturated heterocycles. The molecular formula is C19H27NO. The number of rotatable bonds is 10. The van der Waals surface area contributed by atoms with Crippen LogP contribution in [0.25, 0.3) is 10.9 Å². The summed E-state index contributed by atoms with van der Waals surface area (Å²) >= 11 is 0. The molecule has 0 unspecified atom stereocenters. The molecule has 1 aromatic heterocycles. The Labute approximate surface area is 128 Å². The highest BCUT2D eigenvalue weighted by Crippen LogP contribution is 2.18. The molecule has 0 aliphatic carbocycles. The highest BCUT2D eigenvalue weighted by molar-refractivity contribution is 5.87. The molecule has 0 N–H and O–H groups in total. The third-order valence-corrected chi connectivity index (χ3v) is 4.18. The van der Waals surface area contributed by atoms with Crippen LogP contribution >= 0.6 is 0 Å². The molecule has 1 aromatic carbocycles. The van der Waals surface area contributed by atoms with Gasteiger partial charge in [0.1, 0.15) is 6.29 Å². The lowest BCUT2D eigenvalue weighted by atomic mass is 10.1. The van der Waals surface area contributed by atoms with Crippen molar-refractivity contribution >= 4 is 17.2 Å². The Hall–Kier alpha value is -1.57. The average molecular weight is 285 g/mol. The number of aryl methyl sites for hydroxylation is 1. The second-order valence-electron chi connectivity index (χ2n) is 5.92. The smallest absolute Gasteiger partial charge is 0.150 e. The van der Waals surface area contributed by atoms with Gasteiger partial charge in [0.15, 0.2) is 0 Å². The number of unbranched alkanes of at least 4 members (excludes halogenated alkanes) is 7. The minimum Gasteiger partial charge on any atom is -0.347 e. The second-order valence-corrected chi connectivity index (χ2v) is 5.92. The molecule has 0 atom stereocenters. The van der Waals surface area contributed by atoms with E-state index in [0.717, 1.165) is 18.4 Å². The Balaban J connectivity index is 1.72. The fourth-order valence-corrected chi connectivity index (χ4v) is 2.90. The molecule has 2 rings (SSSR count). The number of carbonyl (C=O) groups is 1. The maximum absolute atomic E-state index is 10.8. The van der Waals surface area contributed by atoms with E-state index >= 15 is 0 Å². The van der Waals surface area contributed by atoms with Gasteiger partial charge in [0.2, 0.25) is 0 Å². The molecule has 2 heteroatoms. The van der Waals surface area contributed by atoms with Crippen LogP contribution in [0.4, 0.5) is 0 Å². The van der Waals surface area contributed by atoms with Gasteiger partial charge in [-0.25, -0.2) is 0 Å². The maximum atomic E-state index is 10.8. The lowest BCUT2D eigenvalue weighted by Crippen LogP contribution is -1.96. The van der Waals surface area contributed by atoms with Crippen LogP contribution in [0.3, 0.4) is 0 Å². The summed E-state index contributed by atoms with van der Waals surface area (Å²) in [6.45, 7) is 3.35. The number of benzene rings is 1. The summed E-state index contributed by atoms with van der Waals surface area (Å²) in [4.78, 5) is 10.8. The molecule has 0 spiro atoms. The normalized spacial score (nSPS) is 11.1. The van der Waals surface area contributed by atoms with Crippen molar-refractivity contribution in [2.75, 3.05) is 0 Å². The van der Waals surface area contributed by atoms with Crippen molar-refractivity contribution in [3.8, 4) is 0 Å². The van der Waals surface area contributed by atoms with E-state index in [1.165, 1.54) is 62.3 Å². The SMILES string of the molecule is CCCCCCCCCCn1ccc2cc(C=O)ccc21. The molecule has 0 amide bonds. The second kappa shape index (κ2) is 8.66. The lowest BCUT2D eigenvalue weighted by Gasteiger charge is -2.06. The van der Waals surface area contributed by atoms with Crippen molar-refractivity contribution in [3.05, 3.63) is 36.0 Å². The van der Waals surface area contributed by atoms with Gasteiger partial charge in [0, 0.05) is 29.2 Å². The number of aldehydes is 1. The Morgan fingerprint density at radius 2 is 1.67 bits per heavy atom. The van der Waals surface area contributed by atoms with Crippen molar-refractivity contribution in [2.45, 2.75) is 64.8 Å². The Morgan fingerprint density at radius 1 is 0.952 bits per heavy atom. The number of fused-ring (bicyclic) bond motifs is 1. The Bertz CT molecular complexity index is 556. The first kappa shape index (κ1) is 15.8. The predicted molar refractivity (Wildman–Crippen MR) is 89.9 cm³/mol. The molecule has 114 valence electrons. The zero-order valence-corrected chi connectivity index (χ0v) is 13.2. The van der Waals surface area contributed by atoms with Gasteiger partial charge >= 0.3 is 0 Å².